The van der Waals surface area contributed by atoms with E-state index >= 15 is 0 Å². The Kier molecular flexibility index (Phi) is 4.59. The van der Waals surface area contributed by atoms with Gasteiger partial charge in [-0.25, -0.2) is 4.79 Å². The van der Waals surface area contributed by atoms with Crippen LogP contribution in [0.5, 0.6) is 0 Å². The summed E-state index contributed by atoms with van der Waals surface area (Å²) >= 11 is 0. The summed E-state index contributed by atoms with van der Waals surface area (Å²) in [5.41, 5.74) is 0. The first-order valence-electron chi connectivity index (χ1n) is 5.53. The third-order valence-corrected chi connectivity index (χ3v) is 2.57. The van der Waals surface area contributed by atoms with Crippen molar-refractivity contribution in [2.45, 2.75) is 39.2 Å². The molecule has 0 aromatic carbocycles. The van der Waals surface area contributed by atoms with E-state index in [0.717, 1.165) is 31.6 Å². The van der Waals surface area contributed by atoms with Crippen LogP contribution in [0.4, 0.5) is 0 Å². The molecule has 1 rings (SSSR count). The SMILES string of the molecule is COC(=O)C(NC1=NCCCC1)C(C)C. The topological polar surface area (TPSA) is 50.7 Å². The lowest BCUT2D eigenvalue weighted by atomic mass is 10.0. The largest absolute Gasteiger partial charge is 0.467 e. The van der Waals surface area contributed by atoms with Crippen LogP contribution in [0.15, 0.2) is 4.99 Å². The lowest BCUT2D eigenvalue weighted by Crippen LogP contribution is -2.45. The van der Waals surface area contributed by atoms with Gasteiger partial charge in [0.25, 0.3) is 0 Å². The van der Waals surface area contributed by atoms with Crippen LogP contribution in [-0.4, -0.2) is 31.5 Å². The zero-order valence-electron chi connectivity index (χ0n) is 9.75. The van der Waals surface area contributed by atoms with Crippen molar-refractivity contribution in [2.75, 3.05) is 13.7 Å². The van der Waals surface area contributed by atoms with Gasteiger partial charge in [-0.2, -0.15) is 0 Å². The van der Waals surface area contributed by atoms with Gasteiger partial charge in [0.15, 0.2) is 0 Å². The van der Waals surface area contributed by atoms with E-state index in [9.17, 15) is 4.79 Å². The second-order valence-corrected chi connectivity index (χ2v) is 4.17. The molecule has 0 fully saturated rings. The molecule has 0 aliphatic carbocycles. The maximum atomic E-state index is 11.5. The predicted octanol–water partition coefficient (Wildman–Crippen LogP) is 1.36. The van der Waals surface area contributed by atoms with Crippen molar-refractivity contribution in [1.29, 1.82) is 0 Å². The molecule has 4 nitrogen and oxygen atoms in total. The molecular formula is C11H20N2O2. The monoisotopic (exact) mass is 212 g/mol. The fourth-order valence-electron chi connectivity index (χ4n) is 1.62. The summed E-state index contributed by atoms with van der Waals surface area (Å²) in [6.07, 6.45) is 3.24. The van der Waals surface area contributed by atoms with Gasteiger partial charge in [-0.05, 0) is 18.8 Å². The molecule has 0 aromatic rings. The Labute approximate surface area is 91.1 Å². The van der Waals surface area contributed by atoms with Gasteiger partial charge >= 0.3 is 5.97 Å². The zero-order chi connectivity index (χ0) is 11.3. The highest BCUT2D eigenvalue weighted by atomic mass is 16.5. The number of amidine groups is 1. The number of carbonyl (C=O) groups is 1. The minimum Gasteiger partial charge on any atom is -0.467 e. The number of ether oxygens (including phenoxy) is 1. The summed E-state index contributed by atoms with van der Waals surface area (Å²) < 4.78 is 4.76. The Balaban J connectivity index is 2.57. The Bertz CT molecular complexity index is 249. The number of methoxy groups -OCH3 is 1. The molecule has 0 amide bonds. The molecule has 1 unspecified atom stereocenters. The van der Waals surface area contributed by atoms with E-state index in [2.05, 4.69) is 10.3 Å². The minimum absolute atomic E-state index is 0.210. The minimum atomic E-state index is -0.271. The first kappa shape index (κ1) is 12.0. The molecule has 15 heavy (non-hydrogen) atoms. The molecule has 1 aliphatic heterocycles. The van der Waals surface area contributed by atoms with Crippen LogP contribution >= 0.6 is 0 Å². The first-order chi connectivity index (χ1) is 7.15. The molecular weight excluding hydrogens is 192 g/mol. The van der Waals surface area contributed by atoms with E-state index in [-0.39, 0.29) is 17.9 Å². The van der Waals surface area contributed by atoms with E-state index in [1.54, 1.807) is 0 Å². The van der Waals surface area contributed by atoms with Crippen molar-refractivity contribution in [3.05, 3.63) is 0 Å². The summed E-state index contributed by atoms with van der Waals surface area (Å²) in [6, 6.07) is -0.271. The molecule has 4 heteroatoms. The number of aliphatic imine (C=N–C) groups is 1. The van der Waals surface area contributed by atoms with E-state index in [4.69, 9.17) is 4.74 Å². The number of hydrogen-bond donors (Lipinski definition) is 1. The maximum Gasteiger partial charge on any atom is 0.328 e. The molecule has 0 saturated carbocycles. The highest BCUT2D eigenvalue weighted by molar-refractivity contribution is 5.88. The second kappa shape index (κ2) is 5.73. The molecule has 1 heterocycles. The van der Waals surface area contributed by atoms with Crippen LogP contribution in [0.2, 0.25) is 0 Å². The lowest BCUT2D eigenvalue weighted by Gasteiger charge is -2.23. The van der Waals surface area contributed by atoms with Crippen LogP contribution in [0.3, 0.4) is 0 Å². The van der Waals surface area contributed by atoms with Gasteiger partial charge in [-0.1, -0.05) is 13.8 Å². The van der Waals surface area contributed by atoms with Gasteiger partial charge in [-0.3, -0.25) is 4.99 Å². The summed E-state index contributed by atoms with van der Waals surface area (Å²) in [4.78, 5) is 15.9. The first-order valence-corrected chi connectivity index (χ1v) is 5.53. The van der Waals surface area contributed by atoms with E-state index in [1.807, 2.05) is 13.8 Å². The normalized spacial score (nSPS) is 18.3. The number of nitrogens with zero attached hydrogens (tertiary/aromatic N) is 1. The third-order valence-electron chi connectivity index (χ3n) is 2.57. The number of hydrogen-bond acceptors (Lipinski definition) is 4. The Hall–Kier alpha value is -1.06. The smallest absolute Gasteiger partial charge is 0.328 e. The zero-order valence-corrected chi connectivity index (χ0v) is 9.75. The van der Waals surface area contributed by atoms with Crippen molar-refractivity contribution in [1.82, 2.24) is 5.32 Å². The third kappa shape index (κ3) is 3.53. The van der Waals surface area contributed by atoms with Crippen molar-refractivity contribution < 1.29 is 9.53 Å². The van der Waals surface area contributed by atoms with Crippen molar-refractivity contribution in [3.8, 4) is 0 Å². The van der Waals surface area contributed by atoms with Gasteiger partial charge < -0.3 is 10.1 Å². The Morgan fingerprint density at radius 1 is 1.47 bits per heavy atom. The molecule has 0 spiro atoms. The van der Waals surface area contributed by atoms with Crippen molar-refractivity contribution >= 4 is 11.8 Å². The highest BCUT2D eigenvalue weighted by Crippen LogP contribution is 2.08. The van der Waals surface area contributed by atoms with E-state index in [1.165, 1.54) is 7.11 Å². The molecule has 1 aliphatic rings. The van der Waals surface area contributed by atoms with Gasteiger partial charge in [0.2, 0.25) is 0 Å². The second-order valence-electron chi connectivity index (χ2n) is 4.17. The van der Waals surface area contributed by atoms with Crippen LogP contribution < -0.4 is 5.32 Å². The number of rotatable bonds is 3. The average Bonchev–Trinajstić information content (AvgIpc) is 2.26. The number of carbonyl (C=O) groups excluding carboxylic acids is 1. The van der Waals surface area contributed by atoms with Gasteiger partial charge in [0.05, 0.1) is 12.9 Å². The molecule has 1 atom stereocenters. The number of nitrogens with one attached hydrogen (secondary N) is 1. The van der Waals surface area contributed by atoms with Crippen LogP contribution in [0.1, 0.15) is 33.1 Å². The Morgan fingerprint density at radius 3 is 2.67 bits per heavy atom. The predicted molar refractivity (Wildman–Crippen MR) is 59.9 cm³/mol. The fraction of sp³-hybridized carbons (Fsp3) is 0.818. The highest BCUT2D eigenvalue weighted by Gasteiger charge is 2.24. The van der Waals surface area contributed by atoms with Crippen LogP contribution in [0, 0.1) is 5.92 Å². The van der Waals surface area contributed by atoms with Crippen LogP contribution in [0.25, 0.3) is 0 Å². The molecule has 1 N–H and O–H groups in total. The molecule has 0 bridgehead atoms. The van der Waals surface area contributed by atoms with E-state index in [0.29, 0.717) is 0 Å². The van der Waals surface area contributed by atoms with E-state index < -0.39 is 0 Å². The average molecular weight is 212 g/mol. The number of esters is 1. The summed E-state index contributed by atoms with van der Waals surface area (Å²) in [5, 5.41) is 3.18. The molecule has 0 aromatic heterocycles. The molecule has 0 saturated heterocycles. The van der Waals surface area contributed by atoms with Crippen LogP contribution in [-0.2, 0) is 9.53 Å². The summed E-state index contributed by atoms with van der Waals surface area (Å²) in [6.45, 7) is 4.87. The standard InChI is InChI=1S/C11H20N2O2/c1-8(2)10(11(14)15-3)13-9-6-4-5-7-12-9/h8,10H,4-7H2,1-3H3,(H,12,13). The molecule has 86 valence electrons. The molecule has 0 radical (unpaired) electrons. The van der Waals surface area contributed by atoms with Crippen molar-refractivity contribution in [3.63, 3.8) is 0 Å². The summed E-state index contributed by atoms with van der Waals surface area (Å²) in [5.74, 6) is 0.950. The summed E-state index contributed by atoms with van der Waals surface area (Å²) in [7, 11) is 1.42. The van der Waals surface area contributed by atoms with Gasteiger partial charge in [0.1, 0.15) is 6.04 Å². The fourth-order valence-corrected chi connectivity index (χ4v) is 1.62. The maximum absolute atomic E-state index is 11.5. The lowest BCUT2D eigenvalue weighted by molar-refractivity contribution is -0.143. The quantitative estimate of drug-likeness (QED) is 0.718. The van der Waals surface area contributed by atoms with Gasteiger partial charge in [0, 0.05) is 13.0 Å². The van der Waals surface area contributed by atoms with Crippen molar-refractivity contribution in [2.24, 2.45) is 10.9 Å². The van der Waals surface area contributed by atoms with Gasteiger partial charge in [-0.15, -0.1) is 0 Å². The Morgan fingerprint density at radius 2 is 2.20 bits per heavy atom.